The van der Waals surface area contributed by atoms with Crippen molar-refractivity contribution in [1.82, 2.24) is 4.98 Å². The minimum absolute atomic E-state index is 0.141. The molecule has 0 bridgehead atoms. The van der Waals surface area contributed by atoms with E-state index < -0.39 is 0 Å². The Bertz CT molecular complexity index is 988. The molecule has 1 amide bonds. The van der Waals surface area contributed by atoms with Crippen molar-refractivity contribution in [3.8, 4) is 0 Å². The monoisotopic (exact) mass is 380 g/mol. The Morgan fingerprint density at radius 1 is 1.31 bits per heavy atom. The molecule has 3 aromatic rings. The molecule has 4 rings (SSSR count). The summed E-state index contributed by atoms with van der Waals surface area (Å²) in [5.41, 5.74) is 4.01. The fraction of sp³-hybridized carbons (Fsp3) is 0.222. The summed E-state index contributed by atoms with van der Waals surface area (Å²) in [5.74, 6) is 0.539. The topological polar surface area (TPSA) is 57.9 Å². The van der Waals surface area contributed by atoms with Crippen molar-refractivity contribution in [2.24, 2.45) is 10.1 Å². The van der Waals surface area contributed by atoms with Crippen LogP contribution in [-0.2, 0) is 11.2 Å². The maximum Gasteiger partial charge on any atom is 0.273 e. The van der Waals surface area contributed by atoms with Gasteiger partial charge in [0.1, 0.15) is 0 Å². The van der Waals surface area contributed by atoms with E-state index in [9.17, 15) is 4.79 Å². The van der Waals surface area contributed by atoms with Gasteiger partial charge < -0.3 is 4.90 Å². The summed E-state index contributed by atoms with van der Waals surface area (Å²) in [6.45, 7) is 0.793. The number of benzene rings is 2. The minimum Gasteiger partial charge on any atom is -0.311 e. The SMILES string of the molecule is BN=Nc1ccc2sc(SCC(=O)N3CCCc4ccccc43)nc2c1. The fourth-order valence-electron chi connectivity index (χ4n) is 3.13. The second-order valence-electron chi connectivity index (χ2n) is 6.00. The Hall–Kier alpha value is -2.19. The molecule has 1 aliphatic heterocycles. The number of hydrogen-bond donors (Lipinski definition) is 0. The van der Waals surface area contributed by atoms with Crippen LogP contribution in [0.5, 0.6) is 0 Å². The van der Waals surface area contributed by atoms with Crippen LogP contribution in [-0.4, -0.2) is 31.2 Å². The van der Waals surface area contributed by atoms with Crippen molar-refractivity contribution in [3.05, 3.63) is 48.0 Å². The lowest BCUT2D eigenvalue weighted by molar-refractivity contribution is -0.116. The van der Waals surface area contributed by atoms with Crippen molar-refractivity contribution in [2.45, 2.75) is 17.2 Å². The number of thiazole rings is 1. The summed E-state index contributed by atoms with van der Waals surface area (Å²) < 4.78 is 2.00. The van der Waals surface area contributed by atoms with Crippen LogP contribution in [0.1, 0.15) is 12.0 Å². The molecule has 0 N–H and O–H groups in total. The van der Waals surface area contributed by atoms with Crippen LogP contribution in [0.25, 0.3) is 10.2 Å². The molecule has 0 unspecified atom stereocenters. The minimum atomic E-state index is 0.141. The second-order valence-corrected chi connectivity index (χ2v) is 8.25. The van der Waals surface area contributed by atoms with Gasteiger partial charge in [0.05, 0.1) is 21.7 Å². The van der Waals surface area contributed by atoms with Gasteiger partial charge in [-0.1, -0.05) is 30.0 Å². The smallest absolute Gasteiger partial charge is 0.273 e. The molecule has 8 heteroatoms. The fourth-order valence-corrected chi connectivity index (χ4v) is 5.05. The molecule has 0 saturated carbocycles. The summed E-state index contributed by atoms with van der Waals surface area (Å²) >= 11 is 3.11. The number of nitrogens with zero attached hydrogens (tertiary/aromatic N) is 4. The highest BCUT2D eigenvalue weighted by Gasteiger charge is 2.22. The van der Waals surface area contributed by atoms with Crippen molar-refractivity contribution in [3.63, 3.8) is 0 Å². The molecular weight excluding hydrogens is 363 g/mol. The molecule has 2 heterocycles. The molecule has 5 nitrogen and oxygen atoms in total. The molecule has 0 aliphatic carbocycles. The van der Waals surface area contributed by atoms with E-state index in [0.717, 1.165) is 45.3 Å². The van der Waals surface area contributed by atoms with Crippen LogP contribution >= 0.6 is 23.1 Å². The average molecular weight is 380 g/mol. The molecule has 0 spiro atoms. The van der Waals surface area contributed by atoms with Gasteiger partial charge >= 0.3 is 0 Å². The van der Waals surface area contributed by atoms with Crippen molar-refractivity contribution in [1.29, 1.82) is 0 Å². The molecule has 1 aromatic heterocycles. The molecule has 2 aromatic carbocycles. The molecule has 0 fully saturated rings. The summed E-state index contributed by atoms with van der Waals surface area (Å²) in [6, 6.07) is 14.0. The largest absolute Gasteiger partial charge is 0.311 e. The van der Waals surface area contributed by atoms with Gasteiger partial charge in [-0.15, -0.1) is 11.3 Å². The maximum absolute atomic E-state index is 12.7. The predicted octanol–water partition coefficient (Wildman–Crippen LogP) is 4.00. The highest BCUT2D eigenvalue weighted by molar-refractivity contribution is 8.01. The summed E-state index contributed by atoms with van der Waals surface area (Å²) in [5, 5.41) is 7.84. The Morgan fingerprint density at radius 3 is 3.08 bits per heavy atom. The van der Waals surface area contributed by atoms with Gasteiger partial charge in [-0.2, -0.15) is 5.11 Å². The second kappa shape index (κ2) is 7.59. The third kappa shape index (κ3) is 3.52. The van der Waals surface area contributed by atoms with E-state index in [2.05, 4.69) is 21.2 Å². The maximum atomic E-state index is 12.7. The Balaban J connectivity index is 1.47. The number of carbonyl (C=O) groups is 1. The van der Waals surface area contributed by atoms with E-state index in [1.807, 2.05) is 41.3 Å². The Labute approximate surface area is 161 Å². The van der Waals surface area contributed by atoms with Gasteiger partial charge in [0.15, 0.2) is 4.34 Å². The molecule has 0 atom stereocenters. The van der Waals surface area contributed by atoms with E-state index in [1.54, 1.807) is 19.3 Å². The van der Waals surface area contributed by atoms with Crippen LogP contribution in [0.15, 0.2) is 56.9 Å². The number of anilines is 1. The number of carbonyl (C=O) groups excluding carboxylic acids is 1. The lowest BCUT2D eigenvalue weighted by atomic mass is 10.0. The number of rotatable bonds is 4. The first kappa shape index (κ1) is 17.2. The zero-order chi connectivity index (χ0) is 17.9. The first-order valence-electron chi connectivity index (χ1n) is 8.46. The van der Waals surface area contributed by atoms with Crippen LogP contribution in [0.4, 0.5) is 11.4 Å². The third-order valence-electron chi connectivity index (χ3n) is 4.30. The van der Waals surface area contributed by atoms with Gasteiger partial charge in [-0.3, -0.25) is 9.82 Å². The Kier molecular flexibility index (Phi) is 5.03. The lowest BCUT2D eigenvalue weighted by Crippen LogP contribution is -2.36. The van der Waals surface area contributed by atoms with E-state index in [4.69, 9.17) is 0 Å². The number of aromatic nitrogens is 1. The zero-order valence-corrected chi connectivity index (χ0v) is 16.0. The van der Waals surface area contributed by atoms with Crippen LogP contribution in [0.3, 0.4) is 0 Å². The predicted molar refractivity (Wildman–Crippen MR) is 111 cm³/mol. The number of hydrogen-bond acceptors (Lipinski definition) is 6. The molecule has 130 valence electrons. The van der Waals surface area contributed by atoms with Gasteiger partial charge in [-0.05, 0) is 42.7 Å². The summed E-state index contributed by atoms with van der Waals surface area (Å²) in [6.07, 6.45) is 2.06. The quantitative estimate of drug-likeness (QED) is 0.391. The van der Waals surface area contributed by atoms with Gasteiger partial charge in [0, 0.05) is 12.2 Å². The molecule has 0 radical (unpaired) electrons. The number of fused-ring (bicyclic) bond motifs is 2. The van der Waals surface area contributed by atoms with Crippen molar-refractivity contribution >= 4 is 58.6 Å². The van der Waals surface area contributed by atoms with Crippen LogP contribution in [0, 0.1) is 0 Å². The van der Waals surface area contributed by atoms with E-state index in [-0.39, 0.29) is 5.91 Å². The lowest BCUT2D eigenvalue weighted by Gasteiger charge is -2.29. The van der Waals surface area contributed by atoms with E-state index in [1.165, 1.54) is 17.3 Å². The van der Waals surface area contributed by atoms with Gasteiger partial charge in [0.25, 0.3) is 7.98 Å². The molecular formula is C18H17BN4OS2. The van der Waals surface area contributed by atoms with Crippen LogP contribution < -0.4 is 4.90 Å². The first-order chi connectivity index (χ1) is 12.7. The zero-order valence-electron chi connectivity index (χ0n) is 14.4. The standard InChI is InChI=1S/C18H17BN4OS2/c19-22-21-13-7-8-16-14(10-13)20-18(26-16)25-11-17(24)23-9-3-5-12-4-1-2-6-15(12)23/h1-2,4,6-8,10H,3,5,9,11,19H2. The Morgan fingerprint density at radius 2 is 2.19 bits per heavy atom. The van der Waals surface area contributed by atoms with E-state index >= 15 is 0 Å². The highest BCUT2D eigenvalue weighted by atomic mass is 32.2. The average Bonchev–Trinajstić information content (AvgIpc) is 3.08. The number of thioether (sulfide) groups is 1. The van der Waals surface area contributed by atoms with Gasteiger partial charge in [-0.25, -0.2) is 4.98 Å². The van der Waals surface area contributed by atoms with Crippen molar-refractivity contribution in [2.75, 3.05) is 17.2 Å². The van der Waals surface area contributed by atoms with Gasteiger partial charge in [0.2, 0.25) is 5.91 Å². The normalized spacial score (nSPS) is 14.1. The number of aryl methyl sites for hydroxylation is 1. The summed E-state index contributed by atoms with van der Waals surface area (Å²) in [4.78, 5) is 19.3. The summed E-state index contributed by atoms with van der Waals surface area (Å²) in [7, 11) is 1.65. The molecule has 0 saturated heterocycles. The first-order valence-corrected chi connectivity index (χ1v) is 10.3. The molecule has 26 heavy (non-hydrogen) atoms. The highest BCUT2D eigenvalue weighted by Crippen LogP contribution is 2.33. The van der Waals surface area contributed by atoms with E-state index in [0.29, 0.717) is 5.75 Å². The van der Waals surface area contributed by atoms with Crippen LogP contribution in [0.2, 0.25) is 0 Å². The third-order valence-corrected chi connectivity index (χ3v) is 6.46. The molecule has 1 aliphatic rings. The van der Waals surface area contributed by atoms with Crippen molar-refractivity contribution < 1.29 is 4.79 Å². The number of para-hydroxylation sites is 1. The number of amides is 1.